The van der Waals surface area contributed by atoms with Crippen molar-refractivity contribution in [2.24, 2.45) is 4.99 Å². The van der Waals surface area contributed by atoms with Crippen LogP contribution in [0.1, 0.15) is 44.6 Å². The van der Waals surface area contributed by atoms with Crippen molar-refractivity contribution in [3.63, 3.8) is 0 Å². The van der Waals surface area contributed by atoms with Crippen molar-refractivity contribution in [1.82, 2.24) is 14.5 Å². The lowest BCUT2D eigenvalue weighted by molar-refractivity contribution is -0.134. The van der Waals surface area contributed by atoms with Crippen LogP contribution < -0.4 is 5.32 Å². The topological polar surface area (TPSA) is 99.2 Å². The van der Waals surface area contributed by atoms with Gasteiger partial charge >= 0.3 is 0 Å². The van der Waals surface area contributed by atoms with E-state index in [1.54, 1.807) is 58.7 Å². The van der Waals surface area contributed by atoms with Gasteiger partial charge in [-0.1, -0.05) is 31.1 Å². The second-order valence-corrected chi connectivity index (χ2v) is 10.8. The van der Waals surface area contributed by atoms with E-state index in [9.17, 15) is 18.0 Å². The summed E-state index contributed by atoms with van der Waals surface area (Å²) in [5.41, 5.74) is -0.112. The van der Waals surface area contributed by atoms with Gasteiger partial charge in [0.1, 0.15) is 11.4 Å². The minimum absolute atomic E-state index is 0.00354. The molecule has 1 fully saturated rings. The zero-order chi connectivity index (χ0) is 23.5. The number of benzene rings is 1. The summed E-state index contributed by atoms with van der Waals surface area (Å²) in [7, 11) is -3.47. The molecule has 33 heavy (non-hydrogen) atoms. The highest BCUT2D eigenvalue weighted by molar-refractivity contribution is 7.89. The Kier molecular flexibility index (Phi) is 6.81. The van der Waals surface area contributed by atoms with Crippen LogP contribution in [0.3, 0.4) is 0 Å². The molecular weight excluding hydrogens is 440 g/mol. The van der Waals surface area contributed by atoms with Crippen LogP contribution in [0.15, 0.2) is 58.6 Å². The number of aliphatic imine (C=N–C) groups is 1. The highest BCUT2D eigenvalue weighted by Crippen LogP contribution is 2.28. The predicted octanol–water partition coefficient (Wildman–Crippen LogP) is 2.38. The molecule has 0 bridgehead atoms. The molecule has 3 aliphatic heterocycles. The van der Waals surface area contributed by atoms with Crippen LogP contribution in [0.4, 0.5) is 0 Å². The van der Waals surface area contributed by atoms with E-state index in [1.807, 2.05) is 6.08 Å². The Morgan fingerprint density at radius 3 is 2.48 bits per heavy atom. The Morgan fingerprint density at radius 2 is 1.79 bits per heavy atom. The van der Waals surface area contributed by atoms with Crippen LogP contribution in [-0.4, -0.2) is 60.4 Å². The molecule has 1 atom stereocenters. The zero-order valence-electron chi connectivity index (χ0n) is 18.9. The maximum atomic E-state index is 13.0. The summed E-state index contributed by atoms with van der Waals surface area (Å²) in [4.78, 5) is 31.1. The number of nitrogens with one attached hydrogen (secondary N) is 1. The Morgan fingerprint density at radius 1 is 1.09 bits per heavy atom. The summed E-state index contributed by atoms with van der Waals surface area (Å²) in [5.74, 6) is -0.101. The van der Waals surface area contributed by atoms with Gasteiger partial charge in [0.2, 0.25) is 15.9 Å². The maximum absolute atomic E-state index is 13.0. The largest absolute Gasteiger partial charge is 0.354 e. The van der Waals surface area contributed by atoms with Crippen LogP contribution in [0.2, 0.25) is 0 Å². The second-order valence-electron chi connectivity index (χ2n) is 8.85. The minimum atomic E-state index is -3.47. The molecule has 1 aromatic rings. The monoisotopic (exact) mass is 470 g/mol. The van der Waals surface area contributed by atoms with Gasteiger partial charge in [0.15, 0.2) is 0 Å². The average molecular weight is 471 g/mol. The van der Waals surface area contributed by atoms with E-state index in [0.29, 0.717) is 36.8 Å². The molecular formula is C24H30N4O4S. The van der Waals surface area contributed by atoms with Gasteiger partial charge in [0.25, 0.3) is 5.91 Å². The van der Waals surface area contributed by atoms with Crippen LogP contribution in [0.25, 0.3) is 0 Å². The molecule has 8 nitrogen and oxygen atoms in total. The zero-order valence-corrected chi connectivity index (χ0v) is 19.7. The fourth-order valence-electron chi connectivity index (χ4n) is 4.45. The quantitative estimate of drug-likeness (QED) is 0.688. The molecule has 176 valence electrons. The summed E-state index contributed by atoms with van der Waals surface area (Å²) in [6.07, 6.45) is 11.6. The number of rotatable bonds is 6. The van der Waals surface area contributed by atoms with Gasteiger partial charge in [0, 0.05) is 25.8 Å². The standard InChI is InChI=1S/C24H30N4O4S/c1-24(18-22(29)26-21-8-4-7-17-28(21)24)23(30)25-14-13-19-9-11-20(12-10-19)33(31,32)27-15-5-2-3-6-16-27/h4,7-12,17H,2-3,5-6,13-16,18H2,1H3,(H,25,30). The highest BCUT2D eigenvalue weighted by atomic mass is 32.2. The molecule has 3 aliphatic rings. The first kappa shape index (κ1) is 23.4. The SMILES string of the molecule is CC1(C(=O)NCCc2ccc(S(=O)(=O)N3CCCCCC3)cc2)CC(=O)N=C2C=CC=CN21. The maximum Gasteiger partial charge on any atom is 0.250 e. The van der Waals surface area contributed by atoms with E-state index >= 15 is 0 Å². The third-order valence-corrected chi connectivity index (χ3v) is 8.33. The lowest BCUT2D eigenvalue weighted by Crippen LogP contribution is -2.60. The van der Waals surface area contributed by atoms with E-state index in [4.69, 9.17) is 0 Å². The number of amides is 2. The number of nitrogens with zero attached hydrogens (tertiary/aromatic N) is 3. The van der Waals surface area contributed by atoms with E-state index in [0.717, 1.165) is 31.2 Å². The Bertz CT molecular complexity index is 1100. The van der Waals surface area contributed by atoms with E-state index < -0.39 is 15.6 Å². The van der Waals surface area contributed by atoms with Gasteiger partial charge in [-0.2, -0.15) is 9.30 Å². The molecule has 0 spiro atoms. The van der Waals surface area contributed by atoms with Crippen LogP contribution in [-0.2, 0) is 26.0 Å². The number of hydrogen-bond donors (Lipinski definition) is 1. The smallest absolute Gasteiger partial charge is 0.250 e. The second kappa shape index (κ2) is 9.61. The van der Waals surface area contributed by atoms with Crippen LogP contribution >= 0.6 is 0 Å². The fraction of sp³-hybridized carbons (Fsp3) is 0.458. The first-order chi connectivity index (χ1) is 15.8. The van der Waals surface area contributed by atoms with Crippen molar-refractivity contribution in [2.45, 2.75) is 55.9 Å². The number of carbonyl (C=O) groups is 2. The molecule has 9 heteroatoms. The molecule has 1 aromatic carbocycles. The number of sulfonamides is 1. The number of allylic oxidation sites excluding steroid dienone is 2. The lowest BCUT2D eigenvalue weighted by Gasteiger charge is -2.41. The van der Waals surface area contributed by atoms with Gasteiger partial charge in [-0.05, 0) is 56.0 Å². The first-order valence-corrected chi connectivity index (χ1v) is 12.9. The summed E-state index contributed by atoms with van der Waals surface area (Å²) in [6, 6.07) is 6.88. The van der Waals surface area contributed by atoms with Gasteiger partial charge in [-0.15, -0.1) is 0 Å². The summed E-state index contributed by atoms with van der Waals surface area (Å²) >= 11 is 0. The van der Waals surface area contributed by atoms with Gasteiger partial charge in [-0.3, -0.25) is 9.59 Å². The van der Waals surface area contributed by atoms with Crippen molar-refractivity contribution in [2.75, 3.05) is 19.6 Å². The average Bonchev–Trinajstić information content (AvgIpc) is 3.09. The van der Waals surface area contributed by atoms with Crippen LogP contribution in [0.5, 0.6) is 0 Å². The number of hydrogen-bond acceptors (Lipinski definition) is 5. The van der Waals surface area contributed by atoms with Crippen molar-refractivity contribution in [3.05, 3.63) is 54.3 Å². The molecule has 1 unspecified atom stereocenters. The fourth-order valence-corrected chi connectivity index (χ4v) is 5.97. The summed E-state index contributed by atoms with van der Waals surface area (Å²) in [6.45, 7) is 3.26. The molecule has 0 saturated carbocycles. The molecule has 3 heterocycles. The highest BCUT2D eigenvalue weighted by Gasteiger charge is 2.44. The molecule has 0 aromatic heterocycles. The van der Waals surface area contributed by atoms with Gasteiger partial charge < -0.3 is 10.2 Å². The third-order valence-electron chi connectivity index (χ3n) is 6.42. The predicted molar refractivity (Wildman–Crippen MR) is 126 cm³/mol. The summed E-state index contributed by atoms with van der Waals surface area (Å²) < 4.78 is 27.4. The molecule has 0 radical (unpaired) electrons. The van der Waals surface area contributed by atoms with Gasteiger partial charge in [0.05, 0.1) is 11.3 Å². The van der Waals surface area contributed by atoms with Crippen molar-refractivity contribution >= 4 is 27.7 Å². The van der Waals surface area contributed by atoms with Crippen molar-refractivity contribution < 1.29 is 18.0 Å². The Labute approximate surface area is 195 Å². The lowest BCUT2D eigenvalue weighted by atomic mass is 9.91. The van der Waals surface area contributed by atoms with Crippen molar-refractivity contribution in [3.8, 4) is 0 Å². The Hall–Kier alpha value is -2.78. The normalized spacial score (nSPS) is 23.6. The van der Waals surface area contributed by atoms with Crippen molar-refractivity contribution in [1.29, 1.82) is 0 Å². The van der Waals surface area contributed by atoms with E-state index in [-0.39, 0.29) is 18.2 Å². The number of amidine groups is 1. The molecule has 1 saturated heterocycles. The molecule has 0 aliphatic carbocycles. The number of fused-ring (bicyclic) bond motifs is 1. The molecule has 4 rings (SSSR count). The summed E-state index contributed by atoms with van der Waals surface area (Å²) in [5, 5.41) is 2.93. The van der Waals surface area contributed by atoms with E-state index in [2.05, 4.69) is 10.3 Å². The molecule has 2 amide bonds. The molecule has 1 N–H and O–H groups in total. The first-order valence-electron chi connectivity index (χ1n) is 11.4. The Balaban J connectivity index is 1.36. The third kappa shape index (κ3) is 4.94. The minimum Gasteiger partial charge on any atom is -0.354 e. The van der Waals surface area contributed by atoms with Gasteiger partial charge in [-0.25, -0.2) is 8.42 Å². The van der Waals surface area contributed by atoms with Crippen LogP contribution in [0, 0.1) is 0 Å². The number of carbonyl (C=O) groups excluding carboxylic acids is 2. The van der Waals surface area contributed by atoms with E-state index in [1.165, 1.54) is 0 Å².